The van der Waals surface area contributed by atoms with E-state index in [-0.39, 0.29) is 11.8 Å². The molecule has 1 aliphatic heterocycles. The number of ether oxygens (including phenoxy) is 2. The molecule has 1 unspecified atom stereocenters. The first-order chi connectivity index (χ1) is 12.2. The van der Waals surface area contributed by atoms with E-state index in [0.29, 0.717) is 32.6 Å². The lowest BCUT2D eigenvalue weighted by atomic mass is 9.93. The van der Waals surface area contributed by atoms with Crippen molar-refractivity contribution in [3.8, 4) is 0 Å². The van der Waals surface area contributed by atoms with Gasteiger partial charge in [-0.15, -0.1) is 0 Å². The number of nitrogens with one attached hydrogen (secondary N) is 1. The SMILES string of the molecule is CC1(CCNC(=O)C(Cc2ccccn2)c2ccccc2)OCCO1. The first-order valence-corrected chi connectivity index (χ1v) is 8.67. The van der Waals surface area contributed by atoms with Crippen molar-refractivity contribution >= 4 is 5.91 Å². The first-order valence-electron chi connectivity index (χ1n) is 8.67. The highest BCUT2D eigenvalue weighted by molar-refractivity contribution is 5.83. The van der Waals surface area contributed by atoms with Crippen LogP contribution in [0.4, 0.5) is 0 Å². The predicted molar refractivity (Wildman–Crippen MR) is 95.1 cm³/mol. The van der Waals surface area contributed by atoms with Gasteiger partial charge in [-0.1, -0.05) is 36.4 Å². The standard InChI is InChI=1S/C20H24N2O3/c1-20(24-13-14-25-20)10-12-22-19(23)18(16-7-3-2-4-8-16)15-17-9-5-6-11-21-17/h2-9,11,18H,10,12-15H2,1H3,(H,22,23). The van der Waals surface area contributed by atoms with Crippen LogP contribution in [0.2, 0.25) is 0 Å². The molecule has 5 nitrogen and oxygen atoms in total. The Morgan fingerprint density at radius 2 is 1.88 bits per heavy atom. The number of aromatic nitrogens is 1. The summed E-state index contributed by atoms with van der Waals surface area (Å²) in [6, 6.07) is 15.6. The minimum Gasteiger partial charge on any atom is -0.355 e. The summed E-state index contributed by atoms with van der Waals surface area (Å²) in [6.07, 6.45) is 2.95. The van der Waals surface area contributed by atoms with Crippen LogP contribution in [0, 0.1) is 0 Å². The van der Waals surface area contributed by atoms with Crippen LogP contribution in [-0.2, 0) is 20.7 Å². The van der Waals surface area contributed by atoms with E-state index in [9.17, 15) is 4.79 Å². The zero-order chi connectivity index (χ0) is 17.5. The smallest absolute Gasteiger partial charge is 0.227 e. The maximum Gasteiger partial charge on any atom is 0.227 e. The Labute approximate surface area is 148 Å². The Bertz CT molecular complexity index is 670. The molecule has 25 heavy (non-hydrogen) atoms. The van der Waals surface area contributed by atoms with Crippen molar-refractivity contribution < 1.29 is 14.3 Å². The molecule has 0 spiro atoms. The maximum absolute atomic E-state index is 12.8. The molecule has 1 amide bonds. The lowest BCUT2D eigenvalue weighted by Crippen LogP contribution is -2.36. The average Bonchev–Trinajstić information content (AvgIpc) is 3.08. The molecule has 1 saturated heterocycles. The van der Waals surface area contributed by atoms with E-state index in [1.54, 1.807) is 6.20 Å². The van der Waals surface area contributed by atoms with Crippen molar-refractivity contribution in [2.75, 3.05) is 19.8 Å². The second-order valence-electron chi connectivity index (χ2n) is 6.36. The van der Waals surface area contributed by atoms with E-state index in [4.69, 9.17) is 9.47 Å². The van der Waals surface area contributed by atoms with E-state index in [1.165, 1.54) is 0 Å². The van der Waals surface area contributed by atoms with E-state index >= 15 is 0 Å². The number of carbonyl (C=O) groups is 1. The number of hydrogen-bond acceptors (Lipinski definition) is 4. The molecule has 1 aromatic carbocycles. The Morgan fingerprint density at radius 1 is 1.16 bits per heavy atom. The fraction of sp³-hybridized carbons (Fsp3) is 0.400. The second kappa shape index (κ2) is 8.23. The molecule has 2 heterocycles. The fourth-order valence-electron chi connectivity index (χ4n) is 3.01. The largest absolute Gasteiger partial charge is 0.355 e. The minimum absolute atomic E-state index is 0.00144. The summed E-state index contributed by atoms with van der Waals surface area (Å²) in [7, 11) is 0. The Morgan fingerprint density at radius 3 is 2.56 bits per heavy atom. The van der Waals surface area contributed by atoms with Crippen molar-refractivity contribution in [3.63, 3.8) is 0 Å². The zero-order valence-electron chi connectivity index (χ0n) is 14.5. The van der Waals surface area contributed by atoms with Gasteiger partial charge in [-0.3, -0.25) is 9.78 Å². The molecule has 2 aromatic rings. The number of benzene rings is 1. The highest BCUT2D eigenvalue weighted by Crippen LogP contribution is 2.23. The van der Waals surface area contributed by atoms with Gasteiger partial charge in [-0.2, -0.15) is 0 Å². The number of amides is 1. The van der Waals surface area contributed by atoms with Crippen LogP contribution in [0.1, 0.15) is 30.5 Å². The van der Waals surface area contributed by atoms with Gasteiger partial charge < -0.3 is 14.8 Å². The van der Waals surface area contributed by atoms with Gasteiger partial charge in [-0.05, 0) is 24.6 Å². The molecule has 1 fully saturated rings. The normalized spacial score (nSPS) is 17.2. The number of nitrogens with zero attached hydrogens (tertiary/aromatic N) is 1. The number of rotatable bonds is 7. The quantitative estimate of drug-likeness (QED) is 0.842. The van der Waals surface area contributed by atoms with Crippen LogP contribution in [0.3, 0.4) is 0 Å². The Hall–Kier alpha value is -2.24. The van der Waals surface area contributed by atoms with E-state index in [0.717, 1.165) is 11.3 Å². The number of hydrogen-bond donors (Lipinski definition) is 1. The van der Waals surface area contributed by atoms with E-state index in [2.05, 4.69) is 10.3 Å². The first kappa shape index (κ1) is 17.6. The van der Waals surface area contributed by atoms with Crippen LogP contribution >= 0.6 is 0 Å². The maximum atomic E-state index is 12.8. The van der Waals surface area contributed by atoms with Crippen molar-refractivity contribution in [1.29, 1.82) is 0 Å². The lowest BCUT2D eigenvalue weighted by Gasteiger charge is -2.23. The predicted octanol–water partition coefficient (Wildman–Crippen LogP) is 2.68. The molecule has 132 valence electrons. The number of carbonyl (C=O) groups excluding carboxylic acids is 1. The van der Waals surface area contributed by atoms with Gasteiger partial charge >= 0.3 is 0 Å². The van der Waals surface area contributed by atoms with Crippen LogP contribution in [-0.4, -0.2) is 36.4 Å². The van der Waals surface area contributed by atoms with Gasteiger partial charge in [0.15, 0.2) is 5.79 Å². The Balaban J connectivity index is 1.65. The molecule has 1 aromatic heterocycles. The van der Waals surface area contributed by atoms with Crippen molar-refractivity contribution in [2.24, 2.45) is 0 Å². The highest BCUT2D eigenvalue weighted by Gasteiger charge is 2.31. The summed E-state index contributed by atoms with van der Waals surface area (Å²) < 4.78 is 11.2. The average molecular weight is 340 g/mol. The number of pyridine rings is 1. The van der Waals surface area contributed by atoms with Gasteiger partial charge in [0, 0.05) is 31.3 Å². The summed E-state index contributed by atoms with van der Waals surface area (Å²) in [4.78, 5) is 17.2. The van der Waals surface area contributed by atoms with Crippen molar-refractivity contribution in [1.82, 2.24) is 10.3 Å². The highest BCUT2D eigenvalue weighted by atomic mass is 16.7. The van der Waals surface area contributed by atoms with Gasteiger partial charge in [0.05, 0.1) is 19.1 Å². The summed E-state index contributed by atoms with van der Waals surface area (Å²) >= 11 is 0. The zero-order valence-corrected chi connectivity index (χ0v) is 14.5. The molecule has 0 bridgehead atoms. The third-order valence-corrected chi connectivity index (χ3v) is 4.43. The summed E-state index contributed by atoms with van der Waals surface area (Å²) in [5.74, 6) is -0.857. The molecule has 0 radical (unpaired) electrons. The monoisotopic (exact) mass is 340 g/mol. The lowest BCUT2D eigenvalue weighted by molar-refractivity contribution is -0.146. The van der Waals surface area contributed by atoms with Crippen LogP contribution in [0.5, 0.6) is 0 Å². The topological polar surface area (TPSA) is 60.5 Å². The molecular formula is C20H24N2O3. The molecule has 5 heteroatoms. The van der Waals surface area contributed by atoms with Gasteiger partial charge in [0.2, 0.25) is 5.91 Å². The summed E-state index contributed by atoms with van der Waals surface area (Å²) in [5.41, 5.74) is 1.89. The third-order valence-electron chi connectivity index (χ3n) is 4.43. The van der Waals surface area contributed by atoms with Gasteiger partial charge in [0.1, 0.15) is 0 Å². The minimum atomic E-state index is -0.587. The van der Waals surface area contributed by atoms with E-state index in [1.807, 2.05) is 55.5 Å². The summed E-state index contributed by atoms with van der Waals surface area (Å²) in [5, 5.41) is 3.03. The Kier molecular flexibility index (Phi) is 5.79. The molecule has 0 aliphatic carbocycles. The van der Waals surface area contributed by atoms with Crippen molar-refractivity contribution in [2.45, 2.75) is 31.5 Å². The van der Waals surface area contributed by atoms with Crippen LogP contribution in [0.25, 0.3) is 0 Å². The van der Waals surface area contributed by atoms with Crippen LogP contribution in [0.15, 0.2) is 54.7 Å². The molecule has 1 N–H and O–H groups in total. The molecule has 1 aliphatic rings. The molecule has 1 atom stereocenters. The molecule has 0 saturated carbocycles. The van der Waals surface area contributed by atoms with E-state index < -0.39 is 5.79 Å². The van der Waals surface area contributed by atoms with Gasteiger partial charge in [-0.25, -0.2) is 0 Å². The van der Waals surface area contributed by atoms with Crippen molar-refractivity contribution in [3.05, 3.63) is 66.0 Å². The third kappa shape index (κ3) is 4.87. The second-order valence-corrected chi connectivity index (χ2v) is 6.36. The summed E-state index contributed by atoms with van der Waals surface area (Å²) in [6.45, 7) is 3.64. The van der Waals surface area contributed by atoms with Crippen LogP contribution < -0.4 is 5.32 Å². The molecule has 3 rings (SSSR count). The fourth-order valence-corrected chi connectivity index (χ4v) is 3.01. The molecular weight excluding hydrogens is 316 g/mol. The van der Waals surface area contributed by atoms with Gasteiger partial charge in [0.25, 0.3) is 0 Å².